The lowest BCUT2D eigenvalue weighted by atomic mass is 10.1. The maximum absolute atomic E-state index is 10.9. The average Bonchev–Trinajstić information content (AvgIpc) is 2.65. The largest absolute Gasteiger partial charge is 0.497 e. The normalized spacial score (nSPS) is 11.0. The molecule has 0 bridgehead atoms. The van der Waals surface area contributed by atoms with Gasteiger partial charge in [0.1, 0.15) is 11.5 Å². The van der Waals surface area contributed by atoms with Crippen LogP contribution < -0.4 is 14.3 Å². The van der Waals surface area contributed by atoms with Crippen LogP contribution in [0, 0.1) is 20.2 Å². The molecule has 2 aromatic carbocycles. The van der Waals surface area contributed by atoms with Gasteiger partial charge in [-0.25, -0.2) is 0 Å². The van der Waals surface area contributed by atoms with E-state index in [-0.39, 0.29) is 5.75 Å². The highest BCUT2D eigenvalue weighted by molar-refractivity contribution is 6.01. The van der Waals surface area contributed by atoms with Gasteiger partial charge in [0.15, 0.2) is 5.75 Å². The number of nitro benzene ring substituents is 2. The molecule has 136 valence electrons. The summed E-state index contributed by atoms with van der Waals surface area (Å²) < 4.78 is 10.4. The van der Waals surface area contributed by atoms with Crippen molar-refractivity contribution < 1.29 is 24.2 Å². The van der Waals surface area contributed by atoms with Crippen molar-refractivity contribution in [3.8, 4) is 17.2 Å². The predicted octanol–water partition coefficient (Wildman–Crippen LogP) is 3.32. The molecule has 0 saturated heterocycles. The molecule has 0 radical (unpaired) electrons. The Morgan fingerprint density at radius 3 is 2.04 bits per heavy atom. The highest BCUT2D eigenvalue weighted by Crippen LogP contribution is 2.28. The minimum Gasteiger partial charge on any atom is -0.497 e. The molecular weight excluding hydrogens is 346 g/mol. The Morgan fingerprint density at radius 2 is 1.54 bits per heavy atom. The lowest BCUT2D eigenvalue weighted by Crippen LogP contribution is -2.02. The first-order chi connectivity index (χ1) is 12.3. The molecule has 0 N–H and O–H groups in total. The number of rotatable bonds is 7. The maximum Gasteiger partial charge on any atom is 0.280 e. The molecular formula is C16H15N3O7. The molecule has 0 unspecified atom stereocenters. The molecule has 0 aliphatic carbocycles. The summed E-state index contributed by atoms with van der Waals surface area (Å²) in [7, 11) is 3.00. The second-order valence-electron chi connectivity index (χ2n) is 5.03. The van der Waals surface area contributed by atoms with E-state index < -0.39 is 21.2 Å². The Labute approximate surface area is 147 Å². The number of ether oxygens (including phenoxy) is 2. The third-order valence-corrected chi connectivity index (χ3v) is 3.38. The molecule has 10 nitrogen and oxygen atoms in total. The van der Waals surface area contributed by atoms with Crippen LogP contribution in [0.15, 0.2) is 41.6 Å². The van der Waals surface area contributed by atoms with Gasteiger partial charge >= 0.3 is 0 Å². The standard InChI is InChI=1S/C16H15N3O7/c1-10(15-9-13(24-2)4-5-16(15)25-3)17-26-14-7-11(18(20)21)6-12(8-14)19(22)23/h4-9H,1-3H3. The van der Waals surface area contributed by atoms with Crippen LogP contribution in [0.4, 0.5) is 11.4 Å². The third kappa shape index (κ3) is 4.23. The van der Waals surface area contributed by atoms with Crippen LogP contribution in [-0.4, -0.2) is 29.8 Å². The van der Waals surface area contributed by atoms with Crippen LogP contribution in [0.25, 0.3) is 0 Å². The van der Waals surface area contributed by atoms with Crippen molar-refractivity contribution in [2.24, 2.45) is 5.16 Å². The number of nitrogens with zero attached hydrogens (tertiary/aromatic N) is 3. The summed E-state index contributed by atoms with van der Waals surface area (Å²) in [6.07, 6.45) is 0. The van der Waals surface area contributed by atoms with E-state index in [1.54, 1.807) is 25.1 Å². The summed E-state index contributed by atoms with van der Waals surface area (Å²) >= 11 is 0. The lowest BCUT2D eigenvalue weighted by molar-refractivity contribution is -0.394. The number of methoxy groups -OCH3 is 2. The van der Waals surface area contributed by atoms with E-state index in [1.807, 2.05) is 0 Å². The number of nitro groups is 2. The molecule has 0 aliphatic heterocycles. The van der Waals surface area contributed by atoms with Crippen molar-refractivity contribution in [3.05, 3.63) is 62.2 Å². The van der Waals surface area contributed by atoms with E-state index in [0.717, 1.165) is 18.2 Å². The summed E-state index contributed by atoms with van der Waals surface area (Å²) in [4.78, 5) is 25.5. The minimum atomic E-state index is -0.748. The monoisotopic (exact) mass is 361 g/mol. The van der Waals surface area contributed by atoms with E-state index in [1.165, 1.54) is 14.2 Å². The summed E-state index contributed by atoms with van der Waals surface area (Å²) in [5.74, 6) is 0.953. The van der Waals surface area contributed by atoms with Gasteiger partial charge in [-0.3, -0.25) is 20.2 Å². The minimum absolute atomic E-state index is 0.132. The summed E-state index contributed by atoms with van der Waals surface area (Å²) in [6.45, 7) is 1.63. The highest BCUT2D eigenvalue weighted by atomic mass is 16.6. The topological polar surface area (TPSA) is 126 Å². The molecule has 0 heterocycles. The highest BCUT2D eigenvalue weighted by Gasteiger charge is 2.18. The zero-order valence-electron chi connectivity index (χ0n) is 14.2. The molecule has 2 aromatic rings. The Morgan fingerprint density at radius 1 is 0.923 bits per heavy atom. The molecule has 0 fully saturated rings. The Hall–Kier alpha value is -3.69. The Balaban J connectivity index is 2.37. The van der Waals surface area contributed by atoms with Gasteiger partial charge in [0.05, 0.1) is 48.0 Å². The molecule has 10 heteroatoms. The fourth-order valence-corrected chi connectivity index (χ4v) is 2.10. The van der Waals surface area contributed by atoms with Crippen LogP contribution in [0.3, 0.4) is 0 Å². The third-order valence-electron chi connectivity index (χ3n) is 3.38. The molecule has 0 saturated carbocycles. The van der Waals surface area contributed by atoms with E-state index in [0.29, 0.717) is 22.8 Å². The van der Waals surface area contributed by atoms with E-state index in [4.69, 9.17) is 14.3 Å². The van der Waals surface area contributed by atoms with Crippen LogP contribution in [-0.2, 0) is 0 Å². The maximum atomic E-state index is 10.9. The first-order valence-corrected chi connectivity index (χ1v) is 7.23. The van der Waals surface area contributed by atoms with E-state index in [9.17, 15) is 20.2 Å². The van der Waals surface area contributed by atoms with Crippen LogP contribution in [0.2, 0.25) is 0 Å². The Kier molecular flexibility index (Phi) is 5.68. The fourth-order valence-electron chi connectivity index (χ4n) is 2.10. The zero-order valence-corrected chi connectivity index (χ0v) is 14.2. The molecule has 26 heavy (non-hydrogen) atoms. The predicted molar refractivity (Wildman–Crippen MR) is 92.1 cm³/mol. The molecule has 2 rings (SSSR count). The first-order valence-electron chi connectivity index (χ1n) is 7.23. The van der Waals surface area contributed by atoms with Crippen molar-refractivity contribution >= 4 is 17.1 Å². The quantitative estimate of drug-likeness (QED) is 0.420. The van der Waals surface area contributed by atoms with E-state index in [2.05, 4.69) is 5.16 Å². The molecule has 0 spiro atoms. The van der Waals surface area contributed by atoms with Crippen LogP contribution >= 0.6 is 0 Å². The second-order valence-corrected chi connectivity index (χ2v) is 5.03. The van der Waals surface area contributed by atoms with Gasteiger partial charge in [0, 0.05) is 5.56 Å². The van der Waals surface area contributed by atoms with Crippen LogP contribution in [0.5, 0.6) is 17.2 Å². The van der Waals surface area contributed by atoms with Gasteiger partial charge in [-0.2, -0.15) is 0 Å². The molecule has 0 amide bonds. The van der Waals surface area contributed by atoms with Gasteiger partial charge in [0.2, 0.25) is 0 Å². The average molecular weight is 361 g/mol. The number of non-ortho nitro benzene ring substituents is 2. The molecule has 0 aromatic heterocycles. The molecule has 0 atom stereocenters. The number of oxime groups is 1. The van der Waals surface area contributed by atoms with Gasteiger partial charge in [-0.05, 0) is 25.1 Å². The van der Waals surface area contributed by atoms with Gasteiger partial charge in [0.25, 0.3) is 11.4 Å². The van der Waals surface area contributed by atoms with Crippen LogP contribution in [0.1, 0.15) is 12.5 Å². The smallest absolute Gasteiger partial charge is 0.280 e. The van der Waals surface area contributed by atoms with Crippen molar-refractivity contribution in [2.45, 2.75) is 6.92 Å². The van der Waals surface area contributed by atoms with Crippen molar-refractivity contribution in [3.63, 3.8) is 0 Å². The number of benzene rings is 2. The van der Waals surface area contributed by atoms with Crippen molar-refractivity contribution in [2.75, 3.05) is 14.2 Å². The van der Waals surface area contributed by atoms with Gasteiger partial charge in [-0.15, -0.1) is 0 Å². The van der Waals surface area contributed by atoms with Gasteiger partial charge in [-0.1, -0.05) is 5.16 Å². The number of hydrogen-bond donors (Lipinski definition) is 0. The summed E-state index contributed by atoms with van der Waals surface area (Å²) in [6, 6.07) is 8.01. The first kappa shape index (κ1) is 18.6. The molecule has 0 aliphatic rings. The Bertz CT molecular complexity index is 848. The second kappa shape index (κ2) is 7.92. The van der Waals surface area contributed by atoms with Crippen molar-refractivity contribution in [1.82, 2.24) is 0 Å². The zero-order chi connectivity index (χ0) is 19.3. The van der Waals surface area contributed by atoms with E-state index >= 15 is 0 Å². The lowest BCUT2D eigenvalue weighted by Gasteiger charge is -2.10. The summed E-state index contributed by atoms with van der Waals surface area (Å²) in [5, 5.41) is 25.7. The number of hydrogen-bond acceptors (Lipinski definition) is 8. The SMILES string of the molecule is COc1ccc(OC)c(C(C)=NOc2cc([N+](=O)[O-])cc([N+](=O)[O-])c2)c1. The fraction of sp³-hybridized carbons (Fsp3) is 0.188. The summed E-state index contributed by atoms with van der Waals surface area (Å²) in [5.41, 5.74) is 0.0173. The van der Waals surface area contributed by atoms with Gasteiger partial charge < -0.3 is 14.3 Å². The van der Waals surface area contributed by atoms with Crippen molar-refractivity contribution in [1.29, 1.82) is 0 Å².